The monoisotopic (exact) mass is 258 g/mol. The maximum atomic E-state index is 12.0. The Labute approximate surface area is 108 Å². The van der Waals surface area contributed by atoms with E-state index >= 15 is 0 Å². The summed E-state index contributed by atoms with van der Waals surface area (Å²) in [7, 11) is 1.66. The van der Waals surface area contributed by atoms with Crippen molar-refractivity contribution in [1.82, 2.24) is 0 Å². The van der Waals surface area contributed by atoms with Gasteiger partial charge in [-0.05, 0) is 25.7 Å². The lowest BCUT2D eigenvalue weighted by Gasteiger charge is -2.26. The molecule has 2 unspecified atom stereocenters. The zero-order chi connectivity index (χ0) is 12.1. The molecule has 0 aromatic heterocycles. The molecule has 2 rings (SSSR count). The molecule has 2 saturated heterocycles. The molecule has 3 nitrogen and oxygen atoms in total. The summed E-state index contributed by atoms with van der Waals surface area (Å²) in [5.41, 5.74) is 0. The molecule has 2 aliphatic rings. The van der Waals surface area contributed by atoms with Crippen molar-refractivity contribution in [3.05, 3.63) is 0 Å². The molecule has 0 aromatic carbocycles. The van der Waals surface area contributed by atoms with Crippen LogP contribution >= 0.6 is 11.8 Å². The van der Waals surface area contributed by atoms with E-state index in [1.807, 2.05) is 0 Å². The number of Topliss-reactive ketones (excluding diaryl/α,β-unsaturated/α-hetero) is 1. The Morgan fingerprint density at radius 1 is 1.18 bits per heavy atom. The molecule has 0 N–H and O–H groups in total. The lowest BCUT2D eigenvalue weighted by molar-refractivity contribution is -0.124. The molecular weight excluding hydrogens is 236 g/mol. The predicted octanol–water partition coefficient (Wildman–Crippen LogP) is 2.28. The maximum absolute atomic E-state index is 12.0. The minimum absolute atomic E-state index is 0.319. The summed E-state index contributed by atoms with van der Waals surface area (Å²) in [4.78, 5) is 12.0. The van der Waals surface area contributed by atoms with Crippen molar-refractivity contribution in [3.63, 3.8) is 0 Å². The quantitative estimate of drug-likeness (QED) is 0.656. The van der Waals surface area contributed by atoms with Crippen LogP contribution in [-0.4, -0.2) is 43.2 Å². The van der Waals surface area contributed by atoms with Crippen molar-refractivity contribution in [2.45, 2.75) is 42.6 Å². The summed E-state index contributed by atoms with van der Waals surface area (Å²) in [6, 6.07) is 0. The molecule has 0 spiro atoms. The molecule has 2 fully saturated rings. The van der Waals surface area contributed by atoms with E-state index in [1.165, 1.54) is 12.8 Å². The van der Waals surface area contributed by atoms with Gasteiger partial charge in [0.1, 0.15) is 5.78 Å². The fourth-order valence-electron chi connectivity index (χ4n) is 2.74. The molecule has 0 amide bonds. The second-order valence-electron chi connectivity index (χ2n) is 4.95. The normalized spacial score (nSPS) is 31.7. The van der Waals surface area contributed by atoms with E-state index in [-0.39, 0.29) is 0 Å². The number of hydrogen-bond acceptors (Lipinski definition) is 4. The van der Waals surface area contributed by atoms with Crippen LogP contribution in [0.3, 0.4) is 0 Å². The van der Waals surface area contributed by atoms with E-state index in [0.29, 0.717) is 37.9 Å². The van der Waals surface area contributed by atoms with E-state index in [0.717, 1.165) is 23.3 Å². The molecule has 0 radical (unpaired) electrons. The number of ketones is 1. The van der Waals surface area contributed by atoms with Gasteiger partial charge in [0.05, 0.1) is 19.8 Å². The van der Waals surface area contributed by atoms with Crippen LogP contribution in [0.5, 0.6) is 0 Å². The zero-order valence-electron chi connectivity index (χ0n) is 10.5. The predicted molar refractivity (Wildman–Crippen MR) is 69.4 cm³/mol. The standard InChI is InChI=1S/C13H22O3S/c1-15-6-7-16-5-4-13(14)10-8-11-2-3-12(9-10)17-11/h10-12H,2-9H2,1H3. The first-order valence-corrected chi connectivity index (χ1v) is 7.48. The molecular formula is C13H22O3S. The highest BCUT2D eigenvalue weighted by Gasteiger charge is 2.37. The summed E-state index contributed by atoms with van der Waals surface area (Å²) in [5, 5.41) is 1.52. The maximum Gasteiger partial charge on any atom is 0.138 e. The van der Waals surface area contributed by atoms with E-state index in [1.54, 1.807) is 7.11 Å². The van der Waals surface area contributed by atoms with Gasteiger partial charge in [-0.25, -0.2) is 0 Å². The number of ether oxygens (including phenoxy) is 2. The minimum Gasteiger partial charge on any atom is -0.382 e. The third kappa shape index (κ3) is 3.97. The molecule has 98 valence electrons. The Kier molecular flexibility index (Phi) is 5.32. The van der Waals surface area contributed by atoms with Crippen LogP contribution in [0.2, 0.25) is 0 Å². The Balaban J connectivity index is 1.63. The largest absolute Gasteiger partial charge is 0.382 e. The van der Waals surface area contributed by atoms with Crippen LogP contribution in [-0.2, 0) is 14.3 Å². The minimum atomic E-state index is 0.319. The topological polar surface area (TPSA) is 35.5 Å². The fourth-order valence-corrected chi connectivity index (χ4v) is 4.52. The van der Waals surface area contributed by atoms with Gasteiger partial charge in [-0.1, -0.05) is 0 Å². The summed E-state index contributed by atoms with van der Waals surface area (Å²) in [5.74, 6) is 0.736. The van der Waals surface area contributed by atoms with Gasteiger partial charge in [0, 0.05) is 29.9 Å². The van der Waals surface area contributed by atoms with E-state index in [9.17, 15) is 4.79 Å². The number of rotatable bonds is 7. The van der Waals surface area contributed by atoms with E-state index in [2.05, 4.69) is 11.8 Å². The van der Waals surface area contributed by atoms with Crippen LogP contribution in [0.15, 0.2) is 0 Å². The Morgan fingerprint density at radius 3 is 2.53 bits per heavy atom. The summed E-state index contributed by atoms with van der Waals surface area (Å²) in [6.07, 6.45) is 5.45. The number of thioether (sulfide) groups is 1. The van der Waals surface area contributed by atoms with Crippen LogP contribution in [0, 0.1) is 5.92 Å². The second-order valence-corrected chi connectivity index (χ2v) is 6.55. The SMILES string of the molecule is COCCOCCC(=O)C1CC2CCC(C1)S2. The van der Waals surface area contributed by atoms with Crippen molar-refractivity contribution >= 4 is 17.5 Å². The highest BCUT2D eigenvalue weighted by molar-refractivity contribution is 8.00. The molecule has 2 bridgehead atoms. The van der Waals surface area contributed by atoms with E-state index < -0.39 is 0 Å². The third-order valence-corrected chi connectivity index (χ3v) is 5.30. The first-order chi connectivity index (χ1) is 8.29. The molecule has 2 aliphatic heterocycles. The van der Waals surface area contributed by atoms with Crippen molar-refractivity contribution < 1.29 is 14.3 Å². The number of fused-ring (bicyclic) bond motifs is 2. The smallest absolute Gasteiger partial charge is 0.138 e. The van der Waals surface area contributed by atoms with Gasteiger partial charge in [-0.15, -0.1) is 0 Å². The first kappa shape index (κ1) is 13.4. The third-order valence-electron chi connectivity index (χ3n) is 3.67. The highest BCUT2D eigenvalue weighted by atomic mass is 32.2. The fraction of sp³-hybridized carbons (Fsp3) is 0.923. The van der Waals surface area contributed by atoms with Gasteiger partial charge in [0.25, 0.3) is 0 Å². The Bertz CT molecular complexity index is 245. The van der Waals surface area contributed by atoms with Crippen molar-refractivity contribution in [1.29, 1.82) is 0 Å². The second kappa shape index (κ2) is 6.76. The number of hydrogen-bond donors (Lipinski definition) is 0. The molecule has 0 aliphatic carbocycles. The lowest BCUT2D eigenvalue weighted by Crippen LogP contribution is -2.25. The molecule has 2 heterocycles. The highest BCUT2D eigenvalue weighted by Crippen LogP contribution is 2.46. The summed E-state index contributed by atoms with van der Waals surface area (Å²) < 4.78 is 10.2. The summed E-state index contributed by atoms with van der Waals surface area (Å²) >= 11 is 2.11. The van der Waals surface area contributed by atoms with Crippen LogP contribution in [0.25, 0.3) is 0 Å². The van der Waals surface area contributed by atoms with Crippen molar-refractivity contribution in [2.24, 2.45) is 5.92 Å². The zero-order valence-corrected chi connectivity index (χ0v) is 11.3. The molecule has 2 atom stereocenters. The molecule has 0 saturated carbocycles. The molecule has 4 heteroatoms. The van der Waals surface area contributed by atoms with Gasteiger partial charge in [-0.2, -0.15) is 11.8 Å². The van der Waals surface area contributed by atoms with E-state index in [4.69, 9.17) is 9.47 Å². The summed E-state index contributed by atoms with van der Waals surface area (Å²) in [6.45, 7) is 1.76. The van der Waals surface area contributed by atoms with Crippen LogP contribution in [0.4, 0.5) is 0 Å². The lowest BCUT2D eigenvalue weighted by atomic mass is 9.93. The number of carbonyl (C=O) groups is 1. The van der Waals surface area contributed by atoms with Gasteiger partial charge < -0.3 is 9.47 Å². The van der Waals surface area contributed by atoms with Crippen molar-refractivity contribution in [2.75, 3.05) is 26.9 Å². The van der Waals surface area contributed by atoms with Crippen molar-refractivity contribution in [3.8, 4) is 0 Å². The number of carbonyl (C=O) groups excluding carboxylic acids is 1. The van der Waals surface area contributed by atoms with Crippen LogP contribution < -0.4 is 0 Å². The number of methoxy groups -OCH3 is 1. The van der Waals surface area contributed by atoms with Gasteiger partial charge in [0.2, 0.25) is 0 Å². The van der Waals surface area contributed by atoms with Gasteiger partial charge in [0.15, 0.2) is 0 Å². The molecule has 17 heavy (non-hydrogen) atoms. The Morgan fingerprint density at radius 2 is 1.88 bits per heavy atom. The first-order valence-electron chi connectivity index (χ1n) is 6.54. The Hall–Kier alpha value is -0.0600. The van der Waals surface area contributed by atoms with Gasteiger partial charge in [-0.3, -0.25) is 4.79 Å². The van der Waals surface area contributed by atoms with Gasteiger partial charge >= 0.3 is 0 Å². The average molecular weight is 258 g/mol. The van der Waals surface area contributed by atoms with Crippen LogP contribution in [0.1, 0.15) is 32.1 Å². The average Bonchev–Trinajstić information content (AvgIpc) is 2.67. The molecule has 0 aromatic rings.